The SMILES string of the molecule is CCC(CC)NC(=O)N1CCCC(CC)(C(=O)O)C1. The first-order valence-corrected chi connectivity index (χ1v) is 7.28. The maximum atomic E-state index is 12.2. The Balaban J connectivity index is 2.68. The molecule has 1 fully saturated rings. The molecular formula is C14H26N2O3. The van der Waals surface area contributed by atoms with Crippen LogP contribution < -0.4 is 5.32 Å². The number of carbonyl (C=O) groups excluding carboxylic acids is 1. The van der Waals surface area contributed by atoms with Gasteiger partial charge in [-0.25, -0.2) is 4.79 Å². The summed E-state index contributed by atoms with van der Waals surface area (Å²) < 4.78 is 0. The quantitative estimate of drug-likeness (QED) is 0.806. The van der Waals surface area contributed by atoms with E-state index in [0.717, 1.165) is 19.3 Å². The van der Waals surface area contributed by atoms with Gasteiger partial charge >= 0.3 is 12.0 Å². The van der Waals surface area contributed by atoms with E-state index in [1.54, 1.807) is 4.90 Å². The number of piperidine rings is 1. The number of hydrogen-bond donors (Lipinski definition) is 2. The molecule has 1 saturated heterocycles. The van der Waals surface area contributed by atoms with Gasteiger partial charge in [0.2, 0.25) is 0 Å². The molecular weight excluding hydrogens is 244 g/mol. The van der Waals surface area contributed by atoms with E-state index >= 15 is 0 Å². The van der Waals surface area contributed by atoms with Crippen LogP contribution in [0.3, 0.4) is 0 Å². The lowest BCUT2D eigenvalue weighted by molar-refractivity contribution is -0.152. The van der Waals surface area contributed by atoms with Gasteiger partial charge in [-0.3, -0.25) is 4.79 Å². The minimum atomic E-state index is -0.782. The summed E-state index contributed by atoms with van der Waals surface area (Å²) in [7, 11) is 0. The third-order valence-corrected chi connectivity index (χ3v) is 4.31. The fourth-order valence-electron chi connectivity index (χ4n) is 2.68. The number of carboxylic acid groups (broad SMARTS) is 1. The van der Waals surface area contributed by atoms with E-state index in [1.165, 1.54) is 0 Å². The first-order valence-electron chi connectivity index (χ1n) is 7.28. The predicted octanol–water partition coefficient (Wildman–Crippen LogP) is 2.46. The van der Waals surface area contributed by atoms with E-state index in [-0.39, 0.29) is 12.1 Å². The highest BCUT2D eigenvalue weighted by atomic mass is 16.4. The number of urea groups is 1. The lowest BCUT2D eigenvalue weighted by atomic mass is 9.78. The molecule has 0 spiro atoms. The Bertz CT molecular complexity index is 329. The van der Waals surface area contributed by atoms with Gasteiger partial charge in [0.25, 0.3) is 0 Å². The molecule has 1 rings (SSSR count). The zero-order valence-electron chi connectivity index (χ0n) is 12.2. The van der Waals surface area contributed by atoms with Gasteiger partial charge in [0.05, 0.1) is 5.41 Å². The number of likely N-dealkylation sites (tertiary alicyclic amines) is 1. The molecule has 19 heavy (non-hydrogen) atoms. The molecule has 0 aliphatic carbocycles. The van der Waals surface area contributed by atoms with Crippen LogP contribution in [-0.4, -0.2) is 41.1 Å². The van der Waals surface area contributed by atoms with Crippen molar-refractivity contribution in [3.05, 3.63) is 0 Å². The molecule has 2 N–H and O–H groups in total. The summed E-state index contributed by atoms with van der Waals surface area (Å²) in [4.78, 5) is 25.3. The van der Waals surface area contributed by atoms with Gasteiger partial charge in [0, 0.05) is 19.1 Å². The van der Waals surface area contributed by atoms with Crippen LogP contribution in [0.4, 0.5) is 4.79 Å². The molecule has 1 heterocycles. The van der Waals surface area contributed by atoms with Crippen molar-refractivity contribution in [1.29, 1.82) is 0 Å². The Kier molecular flexibility index (Phi) is 5.63. The minimum Gasteiger partial charge on any atom is -0.481 e. The molecule has 0 aromatic heterocycles. The highest BCUT2D eigenvalue weighted by molar-refractivity contribution is 5.78. The van der Waals surface area contributed by atoms with Crippen molar-refractivity contribution < 1.29 is 14.7 Å². The van der Waals surface area contributed by atoms with Crippen LogP contribution in [0.1, 0.15) is 52.9 Å². The van der Waals surface area contributed by atoms with Gasteiger partial charge in [0.15, 0.2) is 0 Å². The average Bonchev–Trinajstić information content (AvgIpc) is 2.44. The van der Waals surface area contributed by atoms with Gasteiger partial charge in [-0.15, -0.1) is 0 Å². The molecule has 1 unspecified atom stereocenters. The van der Waals surface area contributed by atoms with E-state index in [4.69, 9.17) is 0 Å². The minimum absolute atomic E-state index is 0.118. The molecule has 1 aliphatic rings. The summed E-state index contributed by atoms with van der Waals surface area (Å²) in [6.07, 6.45) is 3.78. The average molecular weight is 270 g/mol. The summed E-state index contributed by atoms with van der Waals surface area (Å²) in [5.41, 5.74) is -0.760. The van der Waals surface area contributed by atoms with E-state index in [9.17, 15) is 14.7 Å². The van der Waals surface area contributed by atoms with E-state index < -0.39 is 11.4 Å². The fourth-order valence-corrected chi connectivity index (χ4v) is 2.68. The van der Waals surface area contributed by atoms with E-state index in [1.807, 2.05) is 20.8 Å². The third-order valence-electron chi connectivity index (χ3n) is 4.31. The van der Waals surface area contributed by atoms with Gasteiger partial charge in [-0.1, -0.05) is 20.8 Å². The number of aliphatic carboxylic acids is 1. The molecule has 0 aromatic carbocycles. The van der Waals surface area contributed by atoms with Gasteiger partial charge in [-0.05, 0) is 32.1 Å². The van der Waals surface area contributed by atoms with Crippen molar-refractivity contribution in [2.24, 2.45) is 5.41 Å². The van der Waals surface area contributed by atoms with Crippen molar-refractivity contribution in [2.45, 2.75) is 58.9 Å². The summed E-state index contributed by atoms with van der Waals surface area (Å²) in [5.74, 6) is -0.782. The lowest BCUT2D eigenvalue weighted by Crippen LogP contribution is -2.53. The predicted molar refractivity (Wildman–Crippen MR) is 74.1 cm³/mol. The Hall–Kier alpha value is -1.26. The standard InChI is InChI=1S/C14H26N2O3/c1-4-11(5-2)15-13(19)16-9-7-8-14(6-3,10-16)12(17)18/h11H,4-10H2,1-3H3,(H,15,19)(H,17,18). The van der Waals surface area contributed by atoms with Crippen molar-refractivity contribution >= 4 is 12.0 Å². The Labute approximate surface area is 115 Å². The molecule has 0 bridgehead atoms. The highest BCUT2D eigenvalue weighted by Gasteiger charge is 2.42. The Morgan fingerprint density at radius 1 is 1.32 bits per heavy atom. The Morgan fingerprint density at radius 2 is 1.95 bits per heavy atom. The zero-order chi connectivity index (χ0) is 14.5. The van der Waals surface area contributed by atoms with Crippen LogP contribution in [0.5, 0.6) is 0 Å². The number of amides is 2. The smallest absolute Gasteiger partial charge is 0.317 e. The van der Waals surface area contributed by atoms with Gasteiger partial charge in [0.1, 0.15) is 0 Å². The number of carbonyl (C=O) groups is 2. The second-order valence-electron chi connectivity index (χ2n) is 5.43. The largest absolute Gasteiger partial charge is 0.481 e. The van der Waals surface area contributed by atoms with Crippen LogP contribution in [-0.2, 0) is 4.79 Å². The normalized spacial score (nSPS) is 23.5. The van der Waals surface area contributed by atoms with Crippen molar-refractivity contribution in [3.8, 4) is 0 Å². The summed E-state index contributed by atoms with van der Waals surface area (Å²) in [6, 6.07) is 0.0581. The summed E-state index contributed by atoms with van der Waals surface area (Å²) >= 11 is 0. The second kappa shape index (κ2) is 6.78. The van der Waals surface area contributed by atoms with Gasteiger partial charge < -0.3 is 15.3 Å². The lowest BCUT2D eigenvalue weighted by Gasteiger charge is -2.39. The third kappa shape index (κ3) is 3.61. The van der Waals surface area contributed by atoms with Crippen LogP contribution in [0, 0.1) is 5.41 Å². The Morgan fingerprint density at radius 3 is 2.42 bits per heavy atom. The van der Waals surface area contributed by atoms with Crippen LogP contribution >= 0.6 is 0 Å². The molecule has 1 aliphatic heterocycles. The van der Waals surface area contributed by atoms with Crippen LogP contribution in [0.25, 0.3) is 0 Å². The fraction of sp³-hybridized carbons (Fsp3) is 0.857. The van der Waals surface area contributed by atoms with Crippen molar-refractivity contribution in [3.63, 3.8) is 0 Å². The highest BCUT2D eigenvalue weighted by Crippen LogP contribution is 2.33. The van der Waals surface area contributed by atoms with Crippen molar-refractivity contribution in [1.82, 2.24) is 10.2 Å². The van der Waals surface area contributed by atoms with Crippen LogP contribution in [0.15, 0.2) is 0 Å². The van der Waals surface area contributed by atoms with Crippen molar-refractivity contribution in [2.75, 3.05) is 13.1 Å². The molecule has 0 aromatic rings. The monoisotopic (exact) mass is 270 g/mol. The first-order chi connectivity index (χ1) is 8.99. The summed E-state index contributed by atoms with van der Waals surface area (Å²) in [6.45, 7) is 6.94. The molecule has 1 atom stereocenters. The molecule has 0 saturated carbocycles. The van der Waals surface area contributed by atoms with E-state index in [2.05, 4.69) is 5.32 Å². The number of rotatable bonds is 5. The molecule has 5 heteroatoms. The van der Waals surface area contributed by atoms with E-state index in [0.29, 0.717) is 25.9 Å². The topological polar surface area (TPSA) is 69.6 Å². The first kappa shape index (κ1) is 15.8. The second-order valence-corrected chi connectivity index (χ2v) is 5.43. The van der Waals surface area contributed by atoms with Crippen LogP contribution in [0.2, 0.25) is 0 Å². The molecule has 2 amide bonds. The zero-order valence-corrected chi connectivity index (χ0v) is 12.2. The number of nitrogens with zero attached hydrogens (tertiary/aromatic N) is 1. The van der Waals surface area contributed by atoms with Gasteiger partial charge in [-0.2, -0.15) is 0 Å². The number of carboxylic acids is 1. The molecule has 0 radical (unpaired) electrons. The maximum absolute atomic E-state index is 12.2. The maximum Gasteiger partial charge on any atom is 0.317 e. The number of hydrogen-bond acceptors (Lipinski definition) is 2. The number of nitrogens with one attached hydrogen (secondary N) is 1. The molecule has 5 nitrogen and oxygen atoms in total. The molecule has 110 valence electrons. The summed E-state index contributed by atoms with van der Waals surface area (Å²) in [5, 5.41) is 12.4.